The van der Waals surface area contributed by atoms with Gasteiger partial charge in [-0.3, -0.25) is 10.1 Å². The maximum absolute atomic E-state index is 12.6. The largest absolute Gasteiger partial charge is 0.480 e. The molecule has 2 atom stereocenters. The first-order chi connectivity index (χ1) is 7.00. The quantitative estimate of drug-likeness (QED) is 0.800. The molecular formula is C11H14FNO2. The van der Waals surface area contributed by atoms with Gasteiger partial charge in [0.05, 0.1) is 0 Å². The Morgan fingerprint density at radius 1 is 1.33 bits per heavy atom. The van der Waals surface area contributed by atoms with Crippen molar-refractivity contribution in [3.05, 3.63) is 35.6 Å². The van der Waals surface area contributed by atoms with Gasteiger partial charge in [-0.05, 0) is 31.5 Å². The molecule has 0 saturated carbocycles. The topological polar surface area (TPSA) is 49.3 Å². The lowest BCUT2D eigenvalue weighted by Gasteiger charge is -2.17. The van der Waals surface area contributed by atoms with Crippen molar-refractivity contribution in [1.82, 2.24) is 5.32 Å². The lowest BCUT2D eigenvalue weighted by Crippen LogP contribution is -2.35. The minimum absolute atomic E-state index is 0.114. The number of hydrogen-bond acceptors (Lipinski definition) is 2. The lowest BCUT2D eigenvalue weighted by molar-refractivity contribution is -0.139. The third-order valence-corrected chi connectivity index (χ3v) is 2.24. The molecule has 15 heavy (non-hydrogen) atoms. The average Bonchev–Trinajstić information content (AvgIpc) is 2.18. The third-order valence-electron chi connectivity index (χ3n) is 2.24. The second-order valence-electron chi connectivity index (χ2n) is 3.50. The van der Waals surface area contributed by atoms with Crippen LogP contribution in [0.1, 0.15) is 25.5 Å². The molecular weight excluding hydrogens is 197 g/mol. The molecule has 1 aromatic carbocycles. The van der Waals surface area contributed by atoms with Crippen LogP contribution >= 0.6 is 0 Å². The van der Waals surface area contributed by atoms with Crippen LogP contribution in [0.4, 0.5) is 4.39 Å². The fourth-order valence-electron chi connectivity index (χ4n) is 1.29. The zero-order chi connectivity index (χ0) is 11.4. The fourth-order valence-corrected chi connectivity index (χ4v) is 1.29. The van der Waals surface area contributed by atoms with Crippen LogP contribution in [0.3, 0.4) is 0 Å². The van der Waals surface area contributed by atoms with Crippen molar-refractivity contribution in [3.8, 4) is 0 Å². The van der Waals surface area contributed by atoms with E-state index in [2.05, 4.69) is 5.32 Å². The van der Waals surface area contributed by atoms with Crippen molar-refractivity contribution in [3.63, 3.8) is 0 Å². The van der Waals surface area contributed by atoms with E-state index >= 15 is 0 Å². The van der Waals surface area contributed by atoms with E-state index in [9.17, 15) is 9.18 Å². The Hall–Kier alpha value is -1.42. The number of rotatable bonds is 4. The van der Waals surface area contributed by atoms with Crippen LogP contribution < -0.4 is 5.32 Å². The van der Waals surface area contributed by atoms with Crippen LogP contribution in [-0.4, -0.2) is 17.1 Å². The predicted octanol–water partition coefficient (Wildman–Crippen LogP) is 1.95. The normalized spacial score (nSPS) is 14.6. The summed E-state index contributed by atoms with van der Waals surface area (Å²) in [6, 6.07) is 5.27. The Balaban J connectivity index is 2.64. The molecule has 0 aliphatic rings. The summed E-state index contributed by atoms with van der Waals surface area (Å²) in [5, 5.41) is 11.6. The standard InChI is InChI=1S/C11H14FNO2/c1-7(13-8(2)11(14)15)9-3-5-10(12)6-4-9/h3-8,13H,1-2H3,(H,14,15). The molecule has 0 aliphatic carbocycles. The molecule has 1 rings (SSSR count). The SMILES string of the molecule is CC(NC(C)c1ccc(F)cc1)C(=O)O. The molecule has 0 saturated heterocycles. The van der Waals surface area contributed by atoms with Crippen LogP contribution in [0.15, 0.2) is 24.3 Å². The molecule has 0 spiro atoms. The molecule has 2 unspecified atom stereocenters. The zero-order valence-corrected chi connectivity index (χ0v) is 8.70. The van der Waals surface area contributed by atoms with E-state index in [-0.39, 0.29) is 11.9 Å². The molecule has 0 aromatic heterocycles. The van der Waals surface area contributed by atoms with E-state index < -0.39 is 12.0 Å². The first-order valence-electron chi connectivity index (χ1n) is 4.75. The van der Waals surface area contributed by atoms with E-state index in [1.165, 1.54) is 12.1 Å². The number of nitrogens with one attached hydrogen (secondary N) is 1. The van der Waals surface area contributed by atoms with Gasteiger partial charge in [0.2, 0.25) is 0 Å². The van der Waals surface area contributed by atoms with Crippen molar-refractivity contribution < 1.29 is 14.3 Å². The van der Waals surface area contributed by atoms with Gasteiger partial charge in [0, 0.05) is 6.04 Å². The maximum Gasteiger partial charge on any atom is 0.320 e. The molecule has 1 aromatic rings. The summed E-state index contributed by atoms with van der Waals surface area (Å²) in [6.07, 6.45) is 0. The molecule has 4 heteroatoms. The third kappa shape index (κ3) is 3.32. The molecule has 3 nitrogen and oxygen atoms in total. The smallest absolute Gasteiger partial charge is 0.320 e. The highest BCUT2D eigenvalue weighted by Gasteiger charge is 2.14. The minimum Gasteiger partial charge on any atom is -0.480 e. The summed E-state index contributed by atoms with van der Waals surface area (Å²) in [7, 11) is 0. The predicted molar refractivity (Wildman–Crippen MR) is 55.0 cm³/mol. The maximum atomic E-state index is 12.6. The molecule has 2 N–H and O–H groups in total. The molecule has 0 heterocycles. The highest BCUT2D eigenvalue weighted by Crippen LogP contribution is 2.13. The van der Waals surface area contributed by atoms with E-state index in [1.807, 2.05) is 6.92 Å². The van der Waals surface area contributed by atoms with E-state index in [0.29, 0.717) is 0 Å². The van der Waals surface area contributed by atoms with Gasteiger partial charge in [-0.15, -0.1) is 0 Å². The Labute approximate surface area is 87.9 Å². The Kier molecular flexibility index (Phi) is 3.80. The number of carbonyl (C=O) groups is 1. The van der Waals surface area contributed by atoms with E-state index in [4.69, 9.17) is 5.11 Å². The van der Waals surface area contributed by atoms with E-state index in [1.54, 1.807) is 19.1 Å². The highest BCUT2D eigenvalue weighted by molar-refractivity contribution is 5.72. The minimum atomic E-state index is -0.899. The molecule has 0 radical (unpaired) electrons. The summed E-state index contributed by atoms with van der Waals surface area (Å²) in [6.45, 7) is 3.41. The molecule has 0 fully saturated rings. The summed E-state index contributed by atoms with van der Waals surface area (Å²) >= 11 is 0. The Bertz CT molecular complexity index is 337. The van der Waals surface area contributed by atoms with Crippen LogP contribution in [0.5, 0.6) is 0 Å². The van der Waals surface area contributed by atoms with Crippen molar-refractivity contribution >= 4 is 5.97 Å². The second kappa shape index (κ2) is 4.89. The summed E-state index contributed by atoms with van der Waals surface area (Å²) in [5.41, 5.74) is 0.865. The van der Waals surface area contributed by atoms with Crippen LogP contribution in [0.2, 0.25) is 0 Å². The number of halogens is 1. The number of benzene rings is 1. The Morgan fingerprint density at radius 2 is 1.87 bits per heavy atom. The van der Waals surface area contributed by atoms with Gasteiger partial charge in [-0.1, -0.05) is 12.1 Å². The van der Waals surface area contributed by atoms with Crippen LogP contribution in [0.25, 0.3) is 0 Å². The van der Waals surface area contributed by atoms with Gasteiger partial charge in [0.25, 0.3) is 0 Å². The van der Waals surface area contributed by atoms with Gasteiger partial charge in [0.15, 0.2) is 0 Å². The number of aliphatic carboxylic acids is 1. The number of carboxylic acid groups (broad SMARTS) is 1. The van der Waals surface area contributed by atoms with Gasteiger partial charge in [0.1, 0.15) is 11.9 Å². The van der Waals surface area contributed by atoms with Crippen molar-refractivity contribution in [2.75, 3.05) is 0 Å². The molecule has 82 valence electrons. The van der Waals surface area contributed by atoms with Crippen LogP contribution in [-0.2, 0) is 4.79 Å². The van der Waals surface area contributed by atoms with Gasteiger partial charge in [-0.2, -0.15) is 0 Å². The van der Waals surface area contributed by atoms with Gasteiger partial charge >= 0.3 is 5.97 Å². The van der Waals surface area contributed by atoms with Crippen molar-refractivity contribution in [2.24, 2.45) is 0 Å². The molecule has 0 aliphatic heterocycles. The zero-order valence-electron chi connectivity index (χ0n) is 8.70. The fraction of sp³-hybridized carbons (Fsp3) is 0.364. The van der Waals surface area contributed by atoms with E-state index in [0.717, 1.165) is 5.56 Å². The molecule has 0 bridgehead atoms. The highest BCUT2D eigenvalue weighted by atomic mass is 19.1. The number of hydrogen-bond donors (Lipinski definition) is 2. The first-order valence-corrected chi connectivity index (χ1v) is 4.75. The summed E-state index contributed by atoms with van der Waals surface area (Å²) < 4.78 is 12.6. The summed E-state index contributed by atoms with van der Waals surface area (Å²) in [4.78, 5) is 10.6. The first kappa shape index (κ1) is 11.7. The van der Waals surface area contributed by atoms with Crippen molar-refractivity contribution in [1.29, 1.82) is 0 Å². The van der Waals surface area contributed by atoms with Crippen molar-refractivity contribution in [2.45, 2.75) is 25.9 Å². The average molecular weight is 211 g/mol. The second-order valence-corrected chi connectivity index (χ2v) is 3.50. The van der Waals surface area contributed by atoms with Gasteiger partial charge in [-0.25, -0.2) is 4.39 Å². The monoisotopic (exact) mass is 211 g/mol. The summed E-state index contributed by atoms with van der Waals surface area (Å²) in [5.74, 6) is -1.19. The Morgan fingerprint density at radius 3 is 2.33 bits per heavy atom. The molecule has 0 amide bonds. The number of carboxylic acids is 1. The van der Waals surface area contributed by atoms with Gasteiger partial charge < -0.3 is 5.11 Å². The lowest BCUT2D eigenvalue weighted by atomic mass is 10.1. The van der Waals surface area contributed by atoms with Crippen LogP contribution in [0, 0.1) is 5.82 Å².